The molecule has 3 fully saturated rings. The van der Waals surface area contributed by atoms with Crippen molar-refractivity contribution in [1.82, 2.24) is 15.1 Å². The van der Waals surface area contributed by atoms with Crippen molar-refractivity contribution in [3.63, 3.8) is 0 Å². The molecular weight excluding hydrogens is 666 g/mol. The minimum atomic E-state index is -1.21. The fraction of sp³-hybridized carbons (Fsp3) is 0.611. The number of carbonyl (C=O) groups is 4. The van der Waals surface area contributed by atoms with Crippen LogP contribution in [-0.2, 0) is 28.7 Å². The highest BCUT2D eigenvalue weighted by Crippen LogP contribution is 2.60. The second-order valence-corrected chi connectivity index (χ2v) is 14.0. The Kier molecular flexibility index (Phi) is 13.2. The molecule has 258 valence electrons. The molecule has 3 heterocycles. The number of benzene rings is 1. The van der Waals surface area contributed by atoms with Crippen LogP contribution in [0.25, 0.3) is 0 Å². The number of nitrogens with one attached hydrogen (secondary N) is 1. The smallest absolute Gasteiger partial charge is 0.313 e. The zero-order chi connectivity index (χ0) is 34.1. The number of hydrogen-bond donors (Lipinski definition) is 2. The quantitative estimate of drug-likeness (QED) is 0.0938. The Labute approximate surface area is 287 Å². The second kappa shape index (κ2) is 16.9. The van der Waals surface area contributed by atoms with Gasteiger partial charge in [-0.2, -0.15) is 0 Å². The monoisotopic (exact) mass is 715 g/mol. The average molecular weight is 717 g/mol. The molecule has 1 spiro atoms. The molecule has 4 rings (SSSR count). The Bertz CT molecular complexity index is 1280. The maximum absolute atomic E-state index is 14.6. The van der Waals surface area contributed by atoms with Crippen molar-refractivity contribution in [2.24, 2.45) is 11.8 Å². The minimum absolute atomic E-state index is 0.0474. The van der Waals surface area contributed by atoms with Gasteiger partial charge in [-0.15, -0.1) is 13.2 Å². The predicted molar refractivity (Wildman–Crippen MR) is 182 cm³/mol. The molecule has 47 heavy (non-hydrogen) atoms. The maximum Gasteiger partial charge on any atom is 0.313 e. The summed E-state index contributed by atoms with van der Waals surface area (Å²) in [7, 11) is 0. The van der Waals surface area contributed by atoms with Gasteiger partial charge in [0.15, 0.2) is 0 Å². The highest BCUT2D eigenvalue weighted by Gasteiger charge is 2.77. The second-order valence-electron chi connectivity index (χ2n) is 12.9. The number of aliphatic hydroxyl groups is 1. The van der Waals surface area contributed by atoms with Gasteiger partial charge in [-0.3, -0.25) is 19.2 Å². The molecule has 0 radical (unpaired) electrons. The number of rotatable bonds is 19. The zero-order valence-corrected chi connectivity index (χ0v) is 29.2. The fourth-order valence-corrected chi connectivity index (χ4v) is 8.43. The van der Waals surface area contributed by atoms with Crippen LogP contribution in [0.1, 0.15) is 76.9 Å². The van der Waals surface area contributed by atoms with Crippen molar-refractivity contribution in [2.75, 3.05) is 26.2 Å². The Morgan fingerprint density at radius 1 is 1.21 bits per heavy atom. The van der Waals surface area contributed by atoms with Gasteiger partial charge in [-0.25, -0.2) is 0 Å². The summed E-state index contributed by atoms with van der Waals surface area (Å²) in [6.07, 6.45) is 6.66. The summed E-state index contributed by atoms with van der Waals surface area (Å²) in [5.74, 6) is -3.11. The molecule has 3 aliphatic heterocycles. The van der Waals surface area contributed by atoms with E-state index in [1.165, 1.54) is 0 Å². The number of carbonyl (C=O) groups excluding carboxylic acids is 4. The van der Waals surface area contributed by atoms with E-state index in [4.69, 9.17) is 9.47 Å². The highest BCUT2D eigenvalue weighted by atomic mass is 79.9. The van der Waals surface area contributed by atoms with Crippen LogP contribution in [0.5, 0.6) is 0 Å². The lowest BCUT2D eigenvalue weighted by atomic mass is 9.70. The van der Waals surface area contributed by atoms with E-state index in [9.17, 15) is 24.3 Å². The first-order chi connectivity index (χ1) is 22.6. The van der Waals surface area contributed by atoms with Crippen LogP contribution in [0.2, 0.25) is 0 Å². The van der Waals surface area contributed by atoms with Gasteiger partial charge < -0.3 is 29.7 Å². The third-order valence-corrected chi connectivity index (χ3v) is 10.5. The predicted octanol–water partition coefficient (Wildman–Crippen LogP) is 4.47. The Morgan fingerprint density at radius 2 is 1.96 bits per heavy atom. The molecule has 10 nitrogen and oxygen atoms in total. The third-order valence-electron chi connectivity index (χ3n) is 9.69. The summed E-state index contributed by atoms with van der Waals surface area (Å²) in [5.41, 5.74) is -0.500. The van der Waals surface area contributed by atoms with E-state index in [1.807, 2.05) is 37.3 Å². The first kappa shape index (κ1) is 36.8. The summed E-state index contributed by atoms with van der Waals surface area (Å²) >= 11 is 3.74. The molecule has 3 amide bonds. The number of fused-ring (bicyclic) bond motifs is 1. The minimum Gasteiger partial charge on any atom is -0.455 e. The van der Waals surface area contributed by atoms with Crippen LogP contribution in [0, 0.1) is 11.8 Å². The number of nitrogens with zero attached hydrogens (tertiary/aromatic N) is 2. The molecule has 2 bridgehead atoms. The van der Waals surface area contributed by atoms with Crippen molar-refractivity contribution in [2.45, 2.75) is 99.9 Å². The molecule has 1 aromatic rings. The van der Waals surface area contributed by atoms with E-state index < -0.39 is 41.7 Å². The summed E-state index contributed by atoms with van der Waals surface area (Å²) < 4.78 is 12.8. The van der Waals surface area contributed by atoms with Crippen LogP contribution in [-0.4, -0.2) is 93.5 Å². The van der Waals surface area contributed by atoms with Gasteiger partial charge in [-0.1, -0.05) is 71.8 Å². The summed E-state index contributed by atoms with van der Waals surface area (Å²) in [6, 6.07) is 8.18. The van der Waals surface area contributed by atoms with E-state index in [0.717, 1.165) is 12.8 Å². The molecular formula is C36H50BrN3O7. The van der Waals surface area contributed by atoms with Crippen molar-refractivity contribution >= 4 is 39.6 Å². The SMILES string of the molecule is C=CCCC(=O)NC[C@@H](OC(=O)[C@@H]1[C@H]2O[C@@]3(CC2Br)[C@H](C(=O)N(CC=C)C(C)CCC)N(CCCCCO)C(=O)[C@@H]13)c1ccccc1. The maximum atomic E-state index is 14.6. The number of allylic oxidation sites excluding steroid dienone is 1. The lowest BCUT2D eigenvalue weighted by Crippen LogP contribution is -2.58. The summed E-state index contributed by atoms with van der Waals surface area (Å²) in [4.78, 5) is 58.8. The molecule has 0 saturated carbocycles. The Morgan fingerprint density at radius 3 is 2.62 bits per heavy atom. The molecule has 0 aliphatic carbocycles. The number of aliphatic hydroxyl groups excluding tert-OH is 1. The van der Waals surface area contributed by atoms with Gasteiger partial charge in [0.1, 0.15) is 17.7 Å². The molecule has 3 saturated heterocycles. The van der Waals surface area contributed by atoms with Crippen molar-refractivity contribution in [3.8, 4) is 0 Å². The number of halogens is 1. The van der Waals surface area contributed by atoms with Crippen molar-refractivity contribution < 1.29 is 33.8 Å². The van der Waals surface area contributed by atoms with Crippen molar-refractivity contribution in [1.29, 1.82) is 0 Å². The fourth-order valence-electron chi connectivity index (χ4n) is 7.49. The van der Waals surface area contributed by atoms with E-state index in [2.05, 4.69) is 41.3 Å². The van der Waals surface area contributed by atoms with Crippen molar-refractivity contribution in [3.05, 3.63) is 61.2 Å². The van der Waals surface area contributed by atoms with E-state index in [1.54, 1.807) is 22.0 Å². The Hall–Kier alpha value is -3.02. The average Bonchev–Trinajstić information content (AvgIpc) is 3.66. The van der Waals surface area contributed by atoms with Crippen LogP contribution < -0.4 is 5.32 Å². The van der Waals surface area contributed by atoms with Gasteiger partial charge in [0.05, 0.1) is 24.5 Å². The number of likely N-dealkylation sites (tertiary alicyclic amines) is 1. The van der Waals surface area contributed by atoms with Crippen LogP contribution in [0.15, 0.2) is 55.6 Å². The number of amides is 3. The molecule has 3 aliphatic rings. The highest BCUT2D eigenvalue weighted by molar-refractivity contribution is 9.09. The normalized spacial score (nSPS) is 27.2. The Balaban J connectivity index is 1.66. The van der Waals surface area contributed by atoms with Crippen LogP contribution >= 0.6 is 15.9 Å². The van der Waals surface area contributed by atoms with Gasteiger partial charge in [0, 0.05) is 37.0 Å². The van der Waals surface area contributed by atoms with E-state index in [0.29, 0.717) is 50.8 Å². The van der Waals surface area contributed by atoms with Gasteiger partial charge in [-0.05, 0) is 51.0 Å². The number of unbranched alkanes of at least 4 members (excludes halogenated alkanes) is 2. The number of esters is 1. The van der Waals surface area contributed by atoms with Gasteiger partial charge in [0.25, 0.3) is 0 Å². The lowest BCUT2D eigenvalue weighted by molar-refractivity contribution is -0.160. The molecule has 0 aromatic heterocycles. The first-order valence-corrected chi connectivity index (χ1v) is 17.8. The van der Waals surface area contributed by atoms with Crippen LogP contribution in [0.3, 0.4) is 0 Å². The lowest BCUT2D eigenvalue weighted by Gasteiger charge is -2.39. The zero-order valence-electron chi connectivity index (χ0n) is 27.7. The standard InChI is InChI=1S/C36H50BrN3O7/c1-5-8-18-28(42)38-23-27(25-16-11-9-12-17-25)46-35(45)29-30-33(43)40(20-13-10-14-21-41)32(36(30)22-26(37)31(29)47-36)34(44)39(19-7-3)24(4)15-6-2/h5,7,9,11-12,16-17,24,26-27,29-32,41H,1,3,6,8,10,13-15,18-23H2,2,4H3,(H,38,42)/t24?,26?,27-,29+,30-,31+,32+,36-/m1/s1. The summed E-state index contributed by atoms with van der Waals surface area (Å²) in [5, 5.41) is 12.2. The molecule has 2 unspecified atom stereocenters. The summed E-state index contributed by atoms with van der Waals surface area (Å²) in [6.45, 7) is 12.4. The van der Waals surface area contributed by atoms with Crippen LogP contribution in [0.4, 0.5) is 0 Å². The van der Waals surface area contributed by atoms with E-state index >= 15 is 0 Å². The van der Waals surface area contributed by atoms with Gasteiger partial charge in [0.2, 0.25) is 17.7 Å². The van der Waals surface area contributed by atoms with E-state index in [-0.39, 0.29) is 48.2 Å². The third kappa shape index (κ3) is 7.84. The number of alkyl halides is 1. The first-order valence-electron chi connectivity index (χ1n) is 16.9. The largest absolute Gasteiger partial charge is 0.455 e. The number of hydrogen-bond acceptors (Lipinski definition) is 7. The number of ether oxygens (including phenoxy) is 2. The molecule has 8 atom stereocenters. The topological polar surface area (TPSA) is 125 Å². The molecule has 1 aromatic carbocycles. The van der Waals surface area contributed by atoms with Gasteiger partial charge >= 0.3 is 5.97 Å². The molecule has 11 heteroatoms. The molecule has 2 N–H and O–H groups in total.